The number of hydrogen-bond acceptors (Lipinski definition) is 3. The van der Waals surface area contributed by atoms with E-state index in [9.17, 15) is 9.59 Å². The molecule has 0 aliphatic carbocycles. The van der Waals surface area contributed by atoms with Crippen molar-refractivity contribution in [3.8, 4) is 0 Å². The van der Waals surface area contributed by atoms with Crippen LogP contribution in [-0.4, -0.2) is 45.3 Å². The molecule has 0 radical (unpaired) electrons. The first-order valence-electron chi connectivity index (χ1n) is 7.10. The van der Waals surface area contributed by atoms with Crippen molar-refractivity contribution in [2.75, 3.05) is 13.6 Å². The van der Waals surface area contributed by atoms with Crippen LogP contribution in [0.1, 0.15) is 22.3 Å². The molecule has 6 nitrogen and oxygen atoms in total. The number of rotatable bonds is 7. The highest BCUT2D eigenvalue weighted by molar-refractivity contribution is 5.87. The van der Waals surface area contributed by atoms with Gasteiger partial charge < -0.3 is 10.0 Å². The maximum atomic E-state index is 12.1. The second kappa shape index (κ2) is 7.40. The first-order chi connectivity index (χ1) is 10.6. The van der Waals surface area contributed by atoms with Crippen molar-refractivity contribution in [3.05, 3.63) is 53.9 Å². The predicted molar refractivity (Wildman–Crippen MR) is 81.6 cm³/mol. The van der Waals surface area contributed by atoms with Gasteiger partial charge in [0.15, 0.2) is 0 Å². The van der Waals surface area contributed by atoms with Crippen molar-refractivity contribution in [1.29, 1.82) is 0 Å². The van der Waals surface area contributed by atoms with Gasteiger partial charge >= 0.3 is 5.97 Å². The van der Waals surface area contributed by atoms with E-state index in [-0.39, 0.29) is 11.5 Å². The molecule has 2 rings (SSSR count). The normalized spacial score (nSPS) is 10.4. The molecule has 0 unspecified atom stereocenters. The minimum Gasteiger partial charge on any atom is -0.478 e. The summed E-state index contributed by atoms with van der Waals surface area (Å²) >= 11 is 0. The molecule has 0 atom stereocenters. The van der Waals surface area contributed by atoms with E-state index in [1.807, 2.05) is 12.3 Å². The maximum Gasteiger partial charge on any atom is 0.335 e. The molecule has 116 valence electrons. The summed E-state index contributed by atoms with van der Waals surface area (Å²) in [4.78, 5) is 24.5. The van der Waals surface area contributed by atoms with Crippen LogP contribution in [0.15, 0.2) is 42.7 Å². The molecular weight excluding hydrogens is 282 g/mol. The minimum absolute atomic E-state index is 0.0643. The van der Waals surface area contributed by atoms with Crippen LogP contribution < -0.4 is 0 Å². The average molecular weight is 301 g/mol. The number of aromatic nitrogens is 2. The SMILES string of the molecule is CN(CCn1cccn1)C(=O)CCc1ccc(C(=O)O)cc1. The summed E-state index contributed by atoms with van der Waals surface area (Å²) < 4.78 is 1.79. The Kier molecular flexibility index (Phi) is 5.30. The lowest BCUT2D eigenvalue weighted by molar-refractivity contribution is -0.130. The van der Waals surface area contributed by atoms with Crippen LogP contribution in [0.25, 0.3) is 0 Å². The largest absolute Gasteiger partial charge is 0.478 e. The van der Waals surface area contributed by atoms with Crippen LogP contribution in [0.5, 0.6) is 0 Å². The Labute approximate surface area is 129 Å². The molecule has 0 bridgehead atoms. The molecule has 1 aromatic heterocycles. The van der Waals surface area contributed by atoms with E-state index in [0.717, 1.165) is 5.56 Å². The van der Waals surface area contributed by atoms with Crippen molar-refractivity contribution in [2.24, 2.45) is 0 Å². The Morgan fingerprint density at radius 2 is 2.00 bits per heavy atom. The lowest BCUT2D eigenvalue weighted by atomic mass is 10.1. The van der Waals surface area contributed by atoms with E-state index < -0.39 is 5.97 Å². The molecular formula is C16H19N3O3. The number of hydrogen-bond donors (Lipinski definition) is 1. The van der Waals surface area contributed by atoms with Crippen LogP contribution in [-0.2, 0) is 17.8 Å². The monoisotopic (exact) mass is 301 g/mol. The fourth-order valence-electron chi connectivity index (χ4n) is 2.07. The molecule has 1 aromatic carbocycles. The highest BCUT2D eigenvalue weighted by atomic mass is 16.4. The molecule has 0 spiro atoms. The predicted octanol–water partition coefficient (Wildman–Crippen LogP) is 1.67. The number of carbonyl (C=O) groups is 2. The first kappa shape index (κ1) is 15.8. The lowest BCUT2D eigenvalue weighted by Gasteiger charge is -2.17. The number of aryl methyl sites for hydroxylation is 1. The lowest BCUT2D eigenvalue weighted by Crippen LogP contribution is -2.30. The van der Waals surface area contributed by atoms with Crippen molar-refractivity contribution >= 4 is 11.9 Å². The van der Waals surface area contributed by atoms with Gasteiger partial charge in [0.25, 0.3) is 0 Å². The standard InChI is InChI=1S/C16H19N3O3/c1-18(11-12-19-10-2-9-17-19)15(20)8-5-13-3-6-14(7-4-13)16(21)22/h2-4,6-7,9-10H,5,8,11-12H2,1H3,(H,21,22). The number of aromatic carboxylic acids is 1. The van der Waals surface area contributed by atoms with E-state index in [4.69, 9.17) is 5.11 Å². The topological polar surface area (TPSA) is 75.4 Å². The number of carboxylic acid groups (broad SMARTS) is 1. The molecule has 0 saturated carbocycles. The van der Waals surface area contributed by atoms with Crippen LogP contribution in [0.4, 0.5) is 0 Å². The zero-order valence-corrected chi connectivity index (χ0v) is 12.5. The van der Waals surface area contributed by atoms with E-state index in [1.54, 1.807) is 47.1 Å². The zero-order valence-electron chi connectivity index (χ0n) is 12.5. The van der Waals surface area contributed by atoms with Crippen LogP contribution in [0.3, 0.4) is 0 Å². The number of carboxylic acids is 1. The van der Waals surface area contributed by atoms with Gasteiger partial charge in [-0.3, -0.25) is 9.48 Å². The fourth-order valence-corrected chi connectivity index (χ4v) is 2.07. The van der Waals surface area contributed by atoms with Gasteiger partial charge in [-0.15, -0.1) is 0 Å². The van der Waals surface area contributed by atoms with Gasteiger partial charge in [-0.05, 0) is 30.2 Å². The minimum atomic E-state index is -0.944. The van der Waals surface area contributed by atoms with Gasteiger partial charge in [0, 0.05) is 32.4 Å². The van der Waals surface area contributed by atoms with Crippen LogP contribution >= 0.6 is 0 Å². The average Bonchev–Trinajstić information content (AvgIpc) is 3.04. The van der Waals surface area contributed by atoms with Crippen molar-refractivity contribution in [2.45, 2.75) is 19.4 Å². The summed E-state index contributed by atoms with van der Waals surface area (Å²) in [5, 5.41) is 12.9. The van der Waals surface area contributed by atoms with Gasteiger partial charge in [0.2, 0.25) is 5.91 Å². The summed E-state index contributed by atoms with van der Waals surface area (Å²) in [6.07, 6.45) is 4.58. The maximum absolute atomic E-state index is 12.1. The summed E-state index contributed by atoms with van der Waals surface area (Å²) in [6.45, 7) is 1.28. The molecule has 0 saturated heterocycles. The Hall–Kier alpha value is -2.63. The first-order valence-corrected chi connectivity index (χ1v) is 7.10. The third kappa shape index (κ3) is 4.44. The zero-order chi connectivity index (χ0) is 15.9. The summed E-state index contributed by atoms with van der Waals surface area (Å²) in [5.41, 5.74) is 1.21. The molecule has 0 aliphatic rings. The van der Waals surface area contributed by atoms with E-state index in [0.29, 0.717) is 25.9 Å². The molecule has 1 heterocycles. The molecule has 22 heavy (non-hydrogen) atoms. The van der Waals surface area contributed by atoms with Crippen molar-refractivity contribution < 1.29 is 14.7 Å². The molecule has 1 amide bonds. The van der Waals surface area contributed by atoms with Crippen LogP contribution in [0, 0.1) is 0 Å². The van der Waals surface area contributed by atoms with Gasteiger partial charge in [0.1, 0.15) is 0 Å². The number of carbonyl (C=O) groups excluding carboxylic acids is 1. The summed E-state index contributed by atoms with van der Waals surface area (Å²) in [6, 6.07) is 8.47. The highest BCUT2D eigenvalue weighted by Crippen LogP contribution is 2.08. The van der Waals surface area contributed by atoms with E-state index in [2.05, 4.69) is 5.10 Å². The second-order valence-electron chi connectivity index (χ2n) is 5.09. The van der Waals surface area contributed by atoms with Gasteiger partial charge in [-0.1, -0.05) is 12.1 Å². The molecule has 0 fully saturated rings. The number of likely N-dealkylation sites (N-methyl/N-ethyl adjacent to an activating group) is 1. The molecule has 2 aromatic rings. The van der Waals surface area contributed by atoms with Crippen LogP contribution in [0.2, 0.25) is 0 Å². The number of nitrogens with zero attached hydrogens (tertiary/aromatic N) is 3. The Bertz CT molecular complexity index is 621. The molecule has 0 aliphatic heterocycles. The molecule has 6 heteroatoms. The molecule has 1 N–H and O–H groups in total. The fraction of sp³-hybridized carbons (Fsp3) is 0.312. The van der Waals surface area contributed by atoms with Crippen molar-refractivity contribution in [1.82, 2.24) is 14.7 Å². The second-order valence-corrected chi connectivity index (χ2v) is 5.09. The number of benzene rings is 1. The van der Waals surface area contributed by atoms with Gasteiger partial charge in [-0.25, -0.2) is 4.79 Å². The third-order valence-electron chi connectivity index (χ3n) is 3.48. The smallest absolute Gasteiger partial charge is 0.335 e. The van der Waals surface area contributed by atoms with Gasteiger partial charge in [-0.2, -0.15) is 5.10 Å². The Balaban J connectivity index is 1.77. The van der Waals surface area contributed by atoms with Gasteiger partial charge in [0.05, 0.1) is 12.1 Å². The quantitative estimate of drug-likeness (QED) is 0.844. The summed E-state index contributed by atoms with van der Waals surface area (Å²) in [5.74, 6) is -0.879. The number of amides is 1. The third-order valence-corrected chi connectivity index (χ3v) is 3.48. The Morgan fingerprint density at radius 3 is 2.59 bits per heavy atom. The highest BCUT2D eigenvalue weighted by Gasteiger charge is 2.09. The van der Waals surface area contributed by atoms with E-state index in [1.165, 1.54) is 0 Å². The van der Waals surface area contributed by atoms with Crippen molar-refractivity contribution in [3.63, 3.8) is 0 Å². The Morgan fingerprint density at radius 1 is 1.27 bits per heavy atom. The summed E-state index contributed by atoms with van der Waals surface area (Å²) in [7, 11) is 1.78. The van der Waals surface area contributed by atoms with E-state index >= 15 is 0 Å².